The first-order valence-electron chi connectivity index (χ1n) is 5.31. The van der Waals surface area contributed by atoms with Crippen molar-refractivity contribution >= 4 is 15.9 Å². The maximum atomic E-state index is 12.4. The van der Waals surface area contributed by atoms with Crippen LogP contribution in [0, 0.1) is 0 Å². The lowest BCUT2D eigenvalue weighted by atomic mass is 10.2. The summed E-state index contributed by atoms with van der Waals surface area (Å²) in [5.74, 6) is -0.534. The van der Waals surface area contributed by atoms with Crippen molar-refractivity contribution in [2.24, 2.45) is 0 Å². The molecule has 1 aliphatic rings. The van der Waals surface area contributed by atoms with Gasteiger partial charge in [0.1, 0.15) is 5.75 Å². The Balaban J connectivity index is 2.10. The Morgan fingerprint density at radius 1 is 1.12 bits per heavy atom. The molecule has 5 heteroatoms. The molecule has 1 fully saturated rings. The number of rotatable bonds is 3. The van der Waals surface area contributed by atoms with Gasteiger partial charge in [0.25, 0.3) is 0 Å². The molecule has 3 nitrogen and oxygen atoms in total. The summed E-state index contributed by atoms with van der Waals surface area (Å²) in [6.45, 7) is 2.08. The predicted octanol–water partition coefficient (Wildman–Crippen LogP) is 2.09. The standard InChI is InChI=1S/C11H14FNO2S/c12-16(14,15)9-10-3-5-11(6-4-10)13-7-1-2-8-13/h3-6H,1-2,7-9H2. The fraction of sp³-hybridized carbons (Fsp3) is 0.455. The molecule has 0 N–H and O–H groups in total. The third kappa shape index (κ3) is 2.95. The molecule has 0 amide bonds. The highest BCUT2D eigenvalue weighted by molar-refractivity contribution is 7.85. The van der Waals surface area contributed by atoms with Crippen LogP contribution in [0.15, 0.2) is 24.3 Å². The van der Waals surface area contributed by atoms with Crippen LogP contribution in [-0.4, -0.2) is 21.5 Å². The number of hydrogen-bond donors (Lipinski definition) is 0. The summed E-state index contributed by atoms with van der Waals surface area (Å²) in [6, 6.07) is 7.05. The number of hydrogen-bond acceptors (Lipinski definition) is 3. The van der Waals surface area contributed by atoms with Crippen molar-refractivity contribution in [2.45, 2.75) is 18.6 Å². The van der Waals surface area contributed by atoms with Crippen LogP contribution in [0.2, 0.25) is 0 Å². The molecule has 1 aromatic carbocycles. The SMILES string of the molecule is O=S(=O)(F)Cc1ccc(N2CCCC2)cc1. The molecule has 0 unspecified atom stereocenters. The molecule has 16 heavy (non-hydrogen) atoms. The minimum absolute atomic E-state index is 0.491. The van der Waals surface area contributed by atoms with Gasteiger partial charge in [-0.15, -0.1) is 3.89 Å². The molecular formula is C11H14FNO2S. The first kappa shape index (κ1) is 11.4. The smallest absolute Gasteiger partial charge is 0.306 e. The molecule has 88 valence electrons. The van der Waals surface area contributed by atoms with E-state index in [-0.39, 0.29) is 0 Å². The molecule has 0 saturated carbocycles. The highest BCUT2D eigenvalue weighted by Gasteiger charge is 2.13. The van der Waals surface area contributed by atoms with Gasteiger partial charge in [-0.1, -0.05) is 12.1 Å². The van der Waals surface area contributed by atoms with Crippen molar-refractivity contribution in [3.05, 3.63) is 29.8 Å². The van der Waals surface area contributed by atoms with Gasteiger partial charge in [-0.05, 0) is 30.5 Å². The molecule has 1 aliphatic heterocycles. The van der Waals surface area contributed by atoms with Crippen molar-refractivity contribution in [2.75, 3.05) is 18.0 Å². The van der Waals surface area contributed by atoms with E-state index in [4.69, 9.17) is 0 Å². The second-order valence-corrected chi connectivity index (χ2v) is 5.41. The van der Waals surface area contributed by atoms with E-state index in [9.17, 15) is 12.3 Å². The van der Waals surface area contributed by atoms with E-state index in [1.54, 1.807) is 12.1 Å². The van der Waals surface area contributed by atoms with Gasteiger partial charge in [0, 0.05) is 18.8 Å². The molecule has 1 aromatic rings. The summed E-state index contributed by atoms with van der Waals surface area (Å²) in [5, 5.41) is 0. The van der Waals surface area contributed by atoms with Crippen LogP contribution in [0.3, 0.4) is 0 Å². The third-order valence-corrected chi connectivity index (χ3v) is 3.42. The molecule has 0 aromatic heterocycles. The van der Waals surface area contributed by atoms with Crippen LogP contribution < -0.4 is 4.90 Å². The lowest BCUT2D eigenvalue weighted by Gasteiger charge is -2.17. The monoisotopic (exact) mass is 243 g/mol. The van der Waals surface area contributed by atoms with Gasteiger partial charge in [-0.3, -0.25) is 0 Å². The van der Waals surface area contributed by atoms with Crippen molar-refractivity contribution < 1.29 is 12.3 Å². The zero-order valence-corrected chi connectivity index (χ0v) is 9.71. The van der Waals surface area contributed by atoms with Gasteiger partial charge in [0.2, 0.25) is 0 Å². The van der Waals surface area contributed by atoms with Crippen LogP contribution >= 0.6 is 0 Å². The van der Waals surface area contributed by atoms with E-state index in [0.29, 0.717) is 5.56 Å². The number of halogens is 1. The zero-order chi connectivity index (χ0) is 11.6. The van der Waals surface area contributed by atoms with Gasteiger partial charge >= 0.3 is 10.2 Å². The predicted molar refractivity (Wildman–Crippen MR) is 61.6 cm³/mol. The maximum absolute atomic E-state index is 12.4. The Morgan fingerprint density at radius 3 is 2.19 bits per heavy atom. The van der Waals surface area contributed by atoms with E-state index in [2.05, 4.69) is 4.90 Å². The second kappa shape index (κ2) is 4.41. The Bertz CT molecular complexity index is 449. The zero-order valence-electron chi connectivity index (χ0n) is 8.89. The molecule has 0 atom stereocenters. The van der Waals surface area contributed by atoms with E-state index in [0.717, 1.165) is 18.8 Å². The highest BCUT2D eigenvalue weighted by Crippen LogP contribution is 2.21. The van der Waals surface area contributed by atoms with Gasteiger partial charge in [-0.2, -0.15) is 8.42 Å². The number of benzene rings is 1. The maximum Gasteiger partial charge on any atom is 0.306 e. The van der Waals surface area contributed by atoms with Crippen molar-refractivity contribution in [1.82, 2.24) is 0 Å². The Kier molecular flexibility index (Phi) is 3.14. The van der Waals surface area contributed by atoms with Gasteiger partial charge in [0.15, 0.2) is 0 Å². The summed E-state index contributed by atoms with van der Waals surface area (Å²) in [7, 11) is -4.42. The first-order valence-corrected chi connectivity index (χ1v) is 6.86. The topological polar surface area (TPSA) is 37.4 Å². The summed E-state index contributed by atoms with van der Waals surface area (Å²) >= 11 is 0. The lowest BCUT2D eigenvalue weighted by molar-refractivity contribution is 0.551. The van der Waals surface area contributed by atoms with Gasteiger partial charge in [-0.25, -0.2) is 0 Å². The lowest BCUT2D eigenvalue weighted by Crippen LogP contribution is -2.17. The minimum atomic E-state index is -4.42. The normalized spacial score (nSPS) is 16.7. The number of nitrogens with zero attached hydrogens (tertiary/aromatic N) is 1. The molecule has 2 rings (SSSR count). The fourth-order valence-corrected chi connectivity index (χ4v) is 2.57. The van der Waals surface area contributed by atoms with Crippen LogP contribution in [0.4, 0.5) is 9.57 Å². The highest BCUT2D eigenvalue weighted by atomic mass is 32.3. The summed E-state index contributed by atoms with van der Waals surface area (Å²) in [5.41, 5.74) is 1.57. The molecule has 0 bridgehead atoms. The largest absolute Gasteiger partial charge is 0.372 e. The molecule has 0 spiro atoms. The van der Waals surface area contributed by atoms with Crippen molar-refractivity contribution in [1.29, 1.82) is 0 Å². The van der Waals surface area contributed by atoms with Gasteiger partial charge in [0.05, 0.1) is 0 Å². The summed E-state index contributed by atoms with van der Waals surface area (Å²) < 4.78 is 33.4. The number of anilines is 1. The van der Waals surface area contributed by atoms with Gasteiger partial charge < -0.3 is 4.90 Å². The average molecular weight is 243 g/mol. The van der Waals surface area contributed by atoms with E-state index >= 15 is 0 Å². The van der Waals surface area contributed by atoms with Crippen molar-refractivity contribution in [3.63, 3.8) is 0 Å². The Hall–Kier alpha value is -1.10. The molecule has 1 saturated heterocycles. The molecule has 0 aliphatic carbocycles. The second-order valence-electron chi connectivity index (χ2n) is 4.04. The molecule has 0 radical (unpaired) electrons. The van der Waals surface area contributed by atoms with E-state index < -0.39 is 16.0 Å². The third-order valence-electron chi connectivity index (χ3n) is 2.75. The average Bonchev–Trinajstić information content (AvgIpc) is 2.69. The van der Waals surface area contributed by atoms with Crippen LogP contribution in [0.1, 0.15) is 18.4 Å². The summed E-state index contributed by atoms with van der Waals surface area (Å²) in [6.07, 6.45) is 2.39. The van der Waals surface area contributed by atoms with E-state index in [1.165, 1.54) is 12.8 Å². The van der Waals surface area contributed by atoms with Crippen molar-refractivity contribution in [3.8, 4) is 0 Å². The van der Waals surface area contributed by atoms with Crippen LogP contribution in [0.25, 0.3) is 0 Å². The fourth-order valence-electron chi connectivity index (χ4n) is 1.98. The first-order chi connectivity index (χ1) is 7.54. The molecule has 1 heterocycles. The summed E-state index contributed by atoms with van der Waals surface area (Å²) in [4.78, 5) is 2.24. The van der Waals surface area contributed by atoms with Crippen LogP contribution in [0.5, 0.6) is 0 Å². The molecular weight excluding hydrogens is 229 g/mol. The Labute approximate surface area is 95.1 Å². The van der Waals surface area contributed by atoms with E-state index in [1.807, 2.05) is 12.1 Å². The van der Waals surface area contributed by atoms with Crippen LogP contribution in [-0.2, 0) is 16.0 Å². The quantitative estimate of drug-likeness (QED) is 0.763. The minimum Gasteiger partial charge on any atom is -0.372 e. The Morgan fingerprint density at radius 2 is 1.69 bits per heavy atom.